The lowest BCUT2D eigenvalue weighted by molar-refractivity contribution is 0.103. The van der Waals surface area contributed by atoms with Crippen LogP contribution in [0.25, 0.3) is 0 Å². The topological polar surface area (TPSA) is 26.3 Å². The Bertz CT molecular complexity index is 629. The van der Waals surface area contributed by atoms with Crippen LogP contribution in [-0.4, -0.2) is 12.9 Å². The second-order valence-corrected chi connectivity index (χ2v) is 5.11. The third-order valence-corrected chi connectivity index (χ3v) is 4.28. The molecule has 0 saturated heterocycles. The van der Waals surface area contributed by atoms with Gasteiger partial charge in [-0.05, 0) is 17.9 Å². The molecule has 6 heteroatoms. The molecule has 1 heterocycles. The smallest absolute Gasteiger partial charge is 0.210 e. The predicted molar refractivity (Wildman–Crippen MR) is 70.4 cm³/mol. The first-order valence-electron chi connectivity index (χ1n) is 5.27. The van der Waals surface area contributed by atoms with Gasteiger partial charge in [0.1, 0.15) is 17.4 Å². The number of ketones is 1. The number of carbonyl (C=O) groups excluding carboxylic acids is 1. The van der Waals surface area contributed by atoms with Crippen LogP contribution in [0.5, 0.6) is 5.75 Å². The maximum absolute atomic E-state index is 13.8. The number of ether oxygens (including phenoxy) is 1. The maximum Gasteiger partial charge on any atom is 0.210 e. The fourth-order valence-corrected chi connectivity index (χ4v) is 2.81. The van der Waals surface area contributed by atoms with E-state index >= 15 is 0 Å². The molecule has 0 fully saturated rings. The minimum absolute atomic E-state index is 0.0139. The Kier molecular flexibility index (Phi) is 3.87. The van der Waals surface area contributed by atoms with Crippen LogP contribution in [0.4, 0.5) is 8.78 Å². The molecule has 0 aliphatic carbocycles. The van der Waals surface area contributed by atoms with E-state index in [0.717, 1.165) is 23.5 Å². The van der Waals surface area contributed by atoms with Crippen LogP contribution in [0.2, 0.25) is 5.02 Å². The molecule has 0 amide bonds. The average Bonchev–Trinajstić information content (AvgIpc) is 2.68. The Labute approximate surface area is 117 Å². The molecule has 100 valence electrons. The van der Waals surface area contributed by atoms with Crippen molar-refractivity contribution < 1.29 is 18.3 Å². The van der Waals surface area contributed by atoms with Crippen LogP contribution in [0.15, 0.2) is 17.5 Å². The molecule has 1 aromatic heterocycles. The third kappa shape index (κ3) is 2.48. The number of hydrogen-bond acceptors (Lipinski definition) is 3. The van der Waals surface area contributed by atoms with Crippen molar-refractivity contribution in [3.05, 3.63) is 50.2 Å². The van der Waals surface area contributed by atoms with Gasteiger partial charge < -0.3 is 4.74 Å². The lowest BCUT2D eigenvalue weighted by atomic mass is 10.1. The van der Waals surface area contributed by atoms with E-state index in [4.69, 9.17) is 16.3 Å². The molecule has 0 aliphatic heterocycles. The van der Waals surface area contributed by atoms with Crippen LogP contribution in [0.3, 0.4) is 0 Å². The van der Waals surface area contributed by atoms with Gasteiger partial charge in [0.15, 0.2) is 0 Å². The Balaban J connectivity index is 2.53. The summed E-state index contributed by atoms with van der Waals surface area (Å²) in [6.07, 6.45) is 0. The average molecular weight is 303 g/mol. The van der Waals surface area contributed by atoms with Gasteiger partial charge in [-0.25, -0.2) is 8.78 Å². The van der Waals surface area contributed by atoms with E-state index in [1.165, 1.54) is 7.11 Å². The van der Waals surface area contributed by atoms with Crippen LogP contribution in [0, 0.1) is 18.6 Å². The molecule has 2 nitrogen and oxygen atoms in total. The molecule has 2 rings (SSSR count). The van der Waals surface area contributed by atoms with Gasteiger partial charge in [-0.15, -0.1) is 11.3 Å². The number of rotatable bonds is 3. The highest BCUT2D eigenvalue weighted by Crippen LogP contribution is 2.31. The van der Waals surface area contributed by atoms with Crippen LogP contribution >= 0.6 is 22.9 Å². The number of thiophene rings is 1. The molecule has 0 saturated carbocycles. The summed E-state index contributed by atoms with van der Waals surface area (Å²) >= 11 is 7.00. The molecular formula is C13H9ClF2O2S. The molecule has 0 aliphatic rings. The summed E-state index contributed by atoms with van der Waals surface area (Å²) in [5, 5.41) is 1.89. The first-order chi connectivity index (χ1) is 8.95. The van der Waals surface area contributed by atoms with Crippen molar-refractivity contribution >= 4 is 28.7 Å². The first-order valence-corrected chi connectivity index (χ1v) is 6.52. The Morgan fingerprint density at radius 3 is 2.32 bits per heavy atom. The highest BCUT2D eigenvalue weighted by atomic mass is 35.5. The van der Waals surface area contributed by atoms with Crippen molar-refractivity contribution in [1.82, 2.24) is 0 Å². The van der Waals surface area contributed by atoms with Gasteiger partial charge in [0.05, 0.1) is 22.6 Å². The molecule has 0 unspecified atom stereocenters. The molecule has 19 heavy (non-hydrogen) atoms. The fraction of sp³-hybridized carbons (Fsp3) is 0.154. The van der Waals surface area contributed by atoms with E-state index in [9.17, 15) is 13.6 Å². The molecule has 1 aromatic carbocycles. The largest absolute Gasteiger partial charge is 0.497 e. The van der Waals surface area contributed by atoms with Crippen LogP contribution in [-0.2, 0) is 0 Å². The van der Waals surface area contributed by atoms with E-state index < -0.39 is 23.0 Å². The molecule has 0 atom stereocenters. The molecule has 0 bridgehead atoms. The second-order valence-electron chi connectivity index (χ2n) is 3.86. The van der Waals surface area contributed by atoms with Gasteiger partial charge >= 0.3 is 0 Å². The highest BCUT2D eigenvalue weighted by molar-refractivity contribution is 7.13. The summed E-state index contributed by atoms with van der Waals surface area (Å²) in [6, 6.07) is 1.93. The number of methoxy groups -OCH3 is 1. The fourth-order valence-electron chi connectivity index (χ4n) is 1.58. The summed E-state index contributed by atoms with van der Waals surface area (Å²) in [5.41, 5.74) is 0.0777. The third-order valence-electron chi connectivity index (χ3n) is 2.58. The zero-order valence-corrected chi connectivity index (χ0v) is 11.7. The summed E-state index contributed by atoms with van der Waals surface area (Å²) in [4.78, 5) is 12.3. The van der Waals surface area contributed by atoms with Gasteiger partial charge in [0, 0.05) is 12.1 Å². The molecular weight excluding hydrogens is 294 g/mol. The summed E-state index contributed by atoms with van der Waals surface area (Å²) in [7, 11) is 1.29. The Morgan fingerprint density at radius 1 is 1.32 bits per heavy atom. The van der Waals surface area contributed by atoms with Gasteiger partial charge in [-0.3, -0.25) is 4.79 Å². The molecule has 0 spiro atoms. The van der Waals surface area contributed by atoms with Crippen molar-refractivity contribution in [1.29, 1.82) is 0 Å². The van der Waals surface area contributed by atoms with Gasteiger partial charge in [-0.2, -0.15) is 0 Å². The number of halogens is 3. The van der Waals surface area contributed by atoms with Crippen LogP contribution < -0.4 is 4.74 Å². The maximum atomic E-state index is 13.8. The number of benzene rings is 1. The minimum Gasteiger partial charge on any atom is -0.497 e. The van der Waals surface area contributed by atoms with E-state index in [0.29, 0.717) is 5.56 Å². The molecule has 0 radical (unpaired) electrons. The lowest BCUT2D eigenvalue weighted by Gasteiger charge is -2.06. The number of aryl methyl sites for hydroxylation is 1. The Hall–Kier alpha value is -1.46. The predicted octanol–water partition coefficient (Wildman–Crippen LogP) is 4.23. The van der Waals surface area contributed by atoms with E-state index in [1.807, 2.05) is 0 Å². The highest BCUT2D eigenvalue weighted by Gasteiger charge is 2.24. The minimum atomic E-state index is -0.969. The number of hydrogen-bond donors (Lipinski definition) is 0. The normalized spacial score (nSPS) is 10.6. The lowest BCUT2D eigenvalue weighted by Crippen LogP contribution is -2.07. The first kappa shape index (κ1) is 14.0. The SMILES string of the molecule is COc1cc(F)c(C(=O)c2scc(C)c2Cl)c(F)c1. The van der Waals surface area contributed by atoms with Crippen molar-refractivity contribution in [3.8, 4) is 5.75 Å². The standard InChI is InChI=1S/C13H9ClF2O2S/c1-6-5-19-13(11(6)14)12(17)10-8(15)3-7(18-2)4-9(10)16/h3-5H,1-2H3. The zero-order valence-electron chi connectivity index (χ0n) is 10.1. The van der Waals surface area contributed by atoms with Crippen molar-refractivity contribution in [2.75, 3.05) is 7.11 Å². The van der Waals surface area contributed by atoms with E-state index in [1.54, 1.807) is 12.3 Å². The van der Waals surface area contributed by atoms with Crippen LogP contribution in [0.1, 0.15) is 20.8 Å². The van der Waals surface area contributed by atoms with Gasteiger partial charge in [0.25, 0.3) is 0 Å². The second kappa shape index (κ2) is 5.27. The van der Waals surface area contributed by atoms with E-state index in [-0.39, 0.29) is 15.6 Å². The summed E-state index contributed by atoms with van der Waals surface area (Å²) in [6.45, 7) is 1.72. The van der Waals surface area contributed by atoms with Gasteiger partial charge in [0.2, 0.25) is 5.78 Å². The van der Waals surface area contributed by atoms with Crippen molar-refractivity contribution in [3.63, 3.8) is 0 Å². The quantitative estimate of drug-likeness (QED) is 0.793. The summed E-state index contributed by atoms with van der Waals surface area (Å²) in [5.74, 6) is -2.69. The zero-order chi connectivity index (χ0) is 14.2. The van der Waals surface area contributed by atoms with E-state index in [2.05, 4.69) is 0 Å². The molecule has 2 aromatic rings. The summed E-state index contributed by atoms with van der Waals surface area (Å²) < 4.78 is 32.3. The molecule has 0 N–H and O–H groups in total. The van der Waals surface area contributed by atoms with Gasteiger partial charge in [-0.1, -0.05) is 11.6 Å². The monoisotopic (exact) mass is 302 g/mol. The Morgan fingerprint density at radius 2 is 1.89 bits per heavy atom. The number of carbonyl (C=O) groups is 1. The van der Waals surface area contributed by atoms with Crippen molar-refractivity contribution in [2.24, 2.45) is 0 Å². The van der Waals surface area contributed by atoms with Crippen molar-refractivity contribution in [2.45, 2.75) is 6.92 Å².